The SMILES string of the molecule is C=C(CC)CC(NCCC)c1cccc(OC)c1. The summed E-state index contributed by atoms with van der Waals surface area (Å²) in [5.74, 6) is 0.915. The molecule has 0 aliphatic heterocycles. The molecular formula is C16H25NO. The molecule has 100 valence electrons. The van der Waals surface area contributed by atoms with E-state index in [2.05, 4.69) is 37.9 Å². The summed E-state index contributed by atoms with van der Waals surface area (Å²) in [5, 5.41) is 3.59. The van der Waals surface area contributed by atoms with E-state index in [-0.39, 0.29) is 0 Å². The molecule has 0 saturated carbocycles. The second-order valence-corrected chi connectivity index (χ2v) is 4.59. The Morgan fingerprint density at radius 1 is 1.39 bits per heavy atom. The molecule has 1 atom stereocenters. The van der Waals surface area contributed by atoms with Crippen molar-refractivity contribution in [3.8, 4) is 5.75 Å². The van der Waals surface area contributed by atoms with Gasteiger partial charge in [-0.2, -0.15) is 0 Å². The Labute approximate surface area is 111 Å². The van der Waals surface area contributed by atoms with Crippen LogP contribution in [0.3, 0.4) is 0 Å². The maximum Gasteiger partial charge on any atom is 0.119 e. The van der Waals surface area contributed by atoms with Crippen LogP contribution < -0.4 is 10.1 Å². The molecule has 0 aliphatic carbocycles. The number of rotatable bonds is 8. The van der Waals surface area contributed by atoms with E-state index in [0.717, 1.165) is 31.6 Å². The fourth-order valence-electron chi connectivity index (χ4n) is 1.92. The second-order valence-electron chi connectivity index (χ2n) is 4.59. The third-order valence-electron chi connectivity index (χ3n) is 3.13. The fourth-order valence-corrected chi connectivity index (χ4v) is 1.92. The molecular weight excluding hydrogens is 222 g/mol. The summed E-state index contributed by atoms with van der Waals surface area (Å²) in [7, 11) is 1.71. The molecule has 2 heteroatoms. The zero-order valence-corrected chi connectivity index (χ0v) is 11.8. The van der Waals surface area contributed by atoms with Gasteiger partial charge >= 0.3 is 0 Å². The first-order chi connectivity index (χ1) is 8.71. The van der Waals surface area contributed by atoms with Crippen molar-refractivity contribution in [1.82, 2.24) is 5.32 Å². The third kappa shape index (κ3) is 4.53. The number of methoxy groups -OCH3 is 1. The molecule has 0 radical (unpaired) electrons. The first-order valence-electron chi connectivity index (χ1n) is 6.75. The molecule has 1 aromatic rings. The van der Waals surface area contributed by atoms with E-state index < -0.39 is 0 Å². The van der Waals surface area contributed by atoms with Crippen molar-refractivity contribution in [2.24, 2.45) is 0 Å². The molecule has 0 saturated heterocycles. The lowest BCUT2D eigenvalue weighted by Crippen LogP contribution is -2.22. The van der Waals surface area contributed by atoms with Gasteiger partial charge in [0, 0.05) is 6.04 Å². The van der Waals surface area contributed by atoms with Crippen molar-refractivity contribution in [3.05, 3.63) is 42.0 Å². The van der Waals surface area contributed by atoms with Gasteiger partial charge in [0.2, 0.25) is 0 Å². The predicted octanol–water partition coefficient (Wildman–Crippen LogP) is 4.09. The summed E-state index contributed by atoms with van der Waals surface area (Å²) in [6.07, 6.45) is 3.16. The largest absolute Gasteiger partial charge is 0.497 e. The van der Waals surface area contributed by atoms with Crippen LogP contribution in [0.15, 0.2) is 36.4 Å². The molecule has 0 aliphatic rings. The van der Waals surface area contributed by atoms with Gasteiger partial charge in [0.25, 0.3) is 0 Å². The number of nitrogens with one attached hydrogen (secondary N) is 1. The Balaban J connectivity index is 2.82. The first-order valence-corrected chi connectivity index (χ1v) is 6.75. The van der Waals surface area contributed by atoms with Crippen LogP contribution in [0.1, 0.15) is 44.7 Å². The summed E-state index contributed by atoms with van der Waals surface area (Å²) < 4.78 is 5.29. The number of benzene rings is 1. The number of hydrogen-bond acceptors (Lipinski definition) is 2. The molecule has 1 rings (SSSR count). The Hall–Kier alpha value is -1.28. The van der Waals surface area contributed by atoms with Crippen molar-refractivity contribution >= 4 is 0 Å². The van der Waals surface area contributed by atoms with Gasteiger partial charge in [0.15, 0.2) is 0 Å². The lowest BCUT2D eigenvalue weighted by Gasteiger charge is -2.20. The molecule has 0 spiro atoms. The van der Waals surface area contributed by atoms with Crippen molar-refractivity contribution in [2.75, 3.05) is 13.7 Å². The molecule has 2 nitrogen and oxygen atoms in total. The summed E-state index contributed by atoms with van der Waals surface area (Å²) in [4.78, 5) is 0. The summed E-state index contributed by atoms with van der Waals surface area (Å²) in [6.45, 7) is 9.49. The minimum Gasteiger partial charge on any atom is -0.497 e. The van der Waals surface area contributed by atoms with E-state index in [1.807, 2.05) is 12.1 Å². The van der Waals surface area contributed by atoms with E-state index in [0.29, 0.717) is 6.04 Å². The molecule has 0 amide bonds. The van der Waals surface area contributed by atoms with Crippen molar-refractivity contribution in [2.45, 2.75) is 39.2 Å². The molecule has 1 unspecified atom stereocenters. The Morgan fingerprint density at radius 3 is 2.78 bits per heavy atom. The van der Waals surface area contributed by atoms with Crippen LogP contribution in [0.2, 0.25) is 0 Å². The Morgan fingerprint density at radius 2 is 2.17 bits per heavy atom. The van der Waals surface area contributed by atoms with Crippen LogP contribution in [0, 0.1) is 0 Å². The molecule has 0 heterocycles. The molecule has 0 aromatic heterocycles. The van der Waals surface area contributed by atoms with Gasteiger partial charge < -0.3 is 10.1 Å². The molecule has 0 bridgehead atoms. The lowest BCUT2D eigenvalue weighted by molar-refractivity contribution is 0.412. The van der Waals surface area contributed by atoms with Gasteiger partial charge in [-0.05, 0) is 43.5 Å². The third-order valence-corrected chi connectivity index (χ3v) is 3.13. The van der Waals surface area contributed by atoms with Crippen molar-refractivity contribution in [3.63, 3.8) is 0 Å². The van der Waals surface area contributed by atoms with E-state index in [1.54, 1.807) is 7.11 Å². The van der Waals surface area contributed by atoms with Crippen LogP contribution in [0.5, 0.6) is 5.75 Å². The van der Waals surface area contributed by atoms with Gasteiger partial charge in [-0.25, -0.2) is 0 Å². The number of hydrogen-bond donors (Lipinski definition) is 1. The highest BCUT2D eigenvalue weighted by atomic mass is 16.5. The number of ether oxygens (including phenoxy) is 1. The van der Waals surface area contributed by atoms with Crippen LogP contribution in [-0.2, 0) is 0 Å². The van der Waals surface area contributed by atoms with E-state index in [1.165, 1.54) is 11.1 Å². The molecule has 1 N–H and O–H groups in total. The normalized spacial score (nSPS) is 12.2. The Kier molecular flexibility index (Phi) is 6.51. The maximum absolute atomic E-state index is 5.29. The topological polar surface area (TPSA) is 21.3 Å². The van der Waals surface area contributed by atoms with E-state index >= 15 is 0 Å². The molecule has 18 heavy (non-hydrogen) atoms. The summed E-state index contributed by atoms with van der Waals surface area (Å²) >= 11 is 0. The average molecular weight is 247 g/mol. The van der Waals surface area contributed by atoms with Gasteiger partial charge in [-0.3, -0.25) is 0 Å². The second kappa shape index (κ2) is 7.93. The molecule has 0 fully saturated rings. The van der Waals surface area contributed by atoms with Crippen molar-refractivity contribution in [1.29, 1.82) is 0 Å². The van der Waals surface area contributed by atoms with Crippen LogP contribution >= 0.6 is 0 Å². The smallest absolute Gasteiger partial charge is 0.119 e. The maximum atomic E-state index is 5.29. The van der Waals surface area contributed by atoms with Gasteiger partial charge in [0.05, 0.1) is 7.11 Å². The fraction of sp³-hybridized carbons (Fsp3) is 0.500. The lowest BCUT2D eigenvalue weighted by atomic mass is 9.98. The van der Waals surface area contributed by atoms with Gasteiger partial charge in [-0.1, -0.05) is 38.1 Å². The monoisotopic (exact) mass is 247 g/mol. The van der Waals surface area contributed by atoms with Gasteiger partial charge in [0.1, 0.15) is 5.75 Å². The molecule has 1 aromatic carbocycles. The average Bonchev–Trinajstić information content (AvgIpc) is 2.43. The standard InChI is InChI=1S/C16H25NO/c1-5-10-17-16(11-13(3)6-2)14-8-7-9-15(12-14)18-4/h7-9,12,16-17H,3,5-6,10-11H2,1-2,4H3. The van der Waals surface area contributed by atoms with Crippen molar-refractivity contribution < 1.29 is 4.74 Å². The predicted molar refractivity (Wildman–Crippen MR) is 78.1 cm³/mol. The minimum atomic E-state index is 0.340. The van der Waals surface area contributed by atoms with Crippen LogP contribution in [0.25, 0.3) is 0 Å². The minimum absolute atomic E-state index is 0.340. The summed E-state index contributed by atoms with van der Waals surface area (Å²) in [6, 6.07) is 8.63. The zero-order chi connectivity index (χ0) is 13.4. The zero-order valence-electron chi connectivity index (χ0n) is 11.8. The highest BCUT2D eigenvalue weighted by molar-refractivity contribution is 5.31. The van der Waals surface area contributed by atoms with Gasteiger partial charge in [-0.15, -0.1) is 0 Å². The van der Waals surface area contributed by atoms with Crippen LogP contribution in [0.4, 0.5) is 0 Å². The van der Waals surface area contributed by atoms with Crippen LogP contribution in [-0.4, -0.2) is 13.7 Å². The highest BCUT2D eigenvalue weighted by Gasteiger charge is 2.12. The summed E-state index contributed by atoms with van der Waals surface area (Å²) in [5.41, 5.74) is 2.56. The first kappa shape index (κ1) is 14.8. The van der Waals surface area contributed by atoms with E-state index in [4.69, 9.17) is 4.74 Å². The van der Waals surface area contributed by atoms with E-state index in [9.17, 15) is 0 Å². The Bertz CT molecular complexity index is 373. The highest BCUT2D eigenvalue weighted by Crippen LogP contribution is 2.25. The quantitative estimate of drug-likeness (QED) is 0.699.